The van der Waals surface area contributed by atoms with E-state index < -0.39 is 9.84 Å². The fourth-order valence-electron chi connectivity index (χ4n) is 2.09. The largest absolute Gasteiger partial charge is 0.310 e. The lowest BCUT2D eigenvalue weighted by molar-refractivity contribution is 0.208. The van der Waals surface area contributed by atoms with Crippen LogP contribution in [-0.2, 0) is 9.84 Å². The van der Waals surface area contributed by atoms with Gasteiger partial charge < -0.3 is 5.32 Å². The summed E-state index contributed by atoms with van der Waals surface area (Å²) in [5.41, 5.74) is 1.32. The summed E-state index contributed by atoms with van der Waals surface area (Å²) in [6, 6.07) is 7.23. The van der Waals surface area contributed by atoms with Crippen LogP contribution < -0.4 is 5.32 Å². The van der Waals surface area contributed by atoms with E-state index in [2.05, 4.69) is 19.2 Å². The molecule has 0 radical (unpaired) electrons. The first-order chi connectivity index (χ1) is 7.31. The van der Waals surface area contributed by atoms with Crippen LogP contribution in [0.5, 0.6) is 0 Å². The predicted octanol–water partition coefficient (Wildman–Crippen LogP) is 1.56. The van der Waals surface area contributed by atoms with Crippen LogP contribution in [0.1, 0.15) is 25.3 Å². The number of benzene rings is 1. The molecule has 4 heteroatoms. The fourth-order valence-corrected chi connectivity index (χ4v) is 2.72. The van der Waals surface area contributed by atoms with Crippen molar-refractivity contribution in [3.8, 4) is 0 Å². The lowest BCUT2D eigenvalue weighted by Gasteiger charge is -2.46. The van der Waals surface area contributed by atoms with Gasteiger partial charge >= 0.3 is 0 Å². The highest BCUT2D eigenvalue weighted by atomic mass is 32.2. The number of sulfone groups is 1. The Morgan fingerprint density at radius 2 is 1.81 bits per heavy atom. The lowest BCUT2D eigenvalue weighted by Crippen LogP contribution is -2.59. The SMILES string of the molecule is CC1(C)NCC1c1ccc(S(C)(=O)=O)cc1. The molecule has 1 aliphatic heterocycles. The maximum atomic E-state index is 11.3. The van der Waals surface area contributed by atoms with Crippen molar-refractivity contribution < 1.29 is 8.42 Å². The molecule has 88 valence electrons. The summed E-state index contributed by atoms with van der Waals surface area (Å²) in [5.74, 6) is 0.473. The van der Waals surface area contributed by atoms with Gasteiger partial charge in [0.1, 0.15) is 0 Å². The highest BCUT2D eigenvalue weighted by Crippen LogP contribution is 2.34. The van der Waals surface area contributed by atoms with Gasteiger partial charge in [-0.25, -0.2) is 8.42 Å². The van der Waals surface area contributed by atoms with Crippen LogP contribution in [0.2, 0.25) is 0 Å². The van der Waals surface area contributed by atoms with Gasteiger partial charge in [-0.1, -0.05) is 12.1 Å². The van der Waals surface area contributed by atoms with Crippen LogP contribution in [0, 0.1) is 0 Å². The molecule has 0 aliphatic carbocycles. The summed E-state index contributed by atoms with van der Waals surface area (Å²) >= 11 is 0. The van der Waals surface area contributed by atoms with E-state index in [-0.39, 0.29) is 5.54 Å². The highest BCUT2D eigenvalue weighted by molar-refractivity contribution is 7.90. The van der Waals surface area contributed by atoms with Gasteiger partial charge in [0.05, 0.1) is 4.90 Å². The Morgan fingerprint density at radius 3 is 2.12 bits per heavy atom. The Bertz CT molecular complexity index is 488. The highest BCUT2D eigenvalue weighted by Gasteiger charge is 2.38. The predicted molar refractivity (Wildman–Crippen MR) is 64.4 cm³/mol. The Labute approximate surface area is 96.8 Å². The summed E-state index contributed by atoms with van der Waals surface area (Å²) < 4.78 is 22.6. The zero-order valence-corrected chi connectivity index (χ0v) is 10.6. The average Bonchev–Trinajstić information content (AvgIpc) is 2.16. The molecule has 0 spiro atoms. The van der Waals surface area contributed by atoms with E-state index in [1.54, 1.807) is 12.1 Å². The third kappa shape index (κ3) is 1.99. The van der Waals surface area contributed by atoms with Crippen molar-refractivity contribution in [1.29, 1.82) is 0 Å². The molecule has 16 heavy (non-hydrogen) atoms. The molecule has 1 fully saturated rings. The monoisotopic (exact) mass is 239 g/mol. The van der Waals surface area contributed by atoms with Gasteiger partial charge in [0.15, 0.2) is 9.84 Å². The van der Waals surface area contributed by atoms with Gasteiger partial charge in [-0.3, -0.25) is 0 Å². The molecule has 1 aromatic rings. The molecule has 0 saturated carbocycles. The van der Waals surface area contributed by atoms with Gasteiger partial charge in [0.2, 0.25) is 0 Å². The molecule has 1 heterocycles. The van der Waals surface area contributed by atoms with Crippen molar-refractivity contribution in [2.75, 3.05) is 12.8 Å². The zero-order valence-electron chi connectivity index (χ0n) is 9.82. The van der Waals surface area contributed by atoms with Crippen molar-refractivity contribution in [3.05, 3.63) is 29.8 Å². The van der Waals surface area contributed by atoms with Crippen molar-refractivity contribution in [1.82, 2.24) is 5.32 Å². The molecule has 1 N–H and O–H groups in total. The summed E-state index contributed by atoms with van der Waals surface area (Å²) in [4.78, 5) is 0.390. The number of hydrogen-bond acceptors (Lipinski definition) is 3. The van der Waals surface area contributed by atoms with Crippen LogP contribution in [-0.4, -0.2) is 26.8 Å². The zero-order chi connectivity index (χ0) is 12.0. The van der Waals surface area contributed by atoms with E-state index in [0.717, 1.165) is 6.54 Å². The van der Waals surface area contributed by atoms with Gasteiger partial charge in [-0.15, -0.1) is 0 Å². The number of hydrogen-bond donors (Lipinski definition) is 1. The normalized spacial score (nSPS) is 23.8. The second-order valence-electron chi connectivity index (χ2n) is 5.00. The third-order valence-electron chi connectivity index (χ3n) is 3.34. The van der Waals surface area contributed by atoms with Gasteiger partial charge in [-0.2, -0.15) is 0 Å². The molecule has 3 nitrogen and oxygen atoms in total. The van der Waals surface area contributed by atoms with Crippen LogP contribution in [0.3, 0.4) is 0 Å². The fraction of sp³-hybridized carbons (Fsp3) is 0.500. The first-order valence-electron chi connectivity index (χ1n) is 5.36. The molecular weight excluding hydrogens is 222 g/mol. The number of rotatable bonds is 2. The molecule has 0 amide bonds. The van der Waals surface area contributed by atoms with E-state index in [0.29, 0.717) is 10.8 Å². The van der Waals surface area contributed by atoms with E-state index in [1.807, 2.05) is 12.1 Å². The maximum Gasteiger partial charge on any atom is 0.175 e. The quantitative estimate of drug-likeness (QED) is 0.852. The Kier molecular flexibility index (Phi) is 2.59. The van der Waals surface area contributed by atoms with Crippen LogP contribution in [0.4, 0.5) is 0 Å². The molecule has 1 aliphatic rings. The van der Waals surface area contributed by atoms with E-state index in [4.69, 9.17) is 0 Å². The van der Waals surface area contributed by atoms with Crippen molar-refractivity contribution in [2.24, 2.45) is 0 Å². The molecule has 2 rings (SSSR count). The molecule has 0 bridgehead atoms. The topological polar surface area (TPSA) is 46.2 Å². The van der Waals surface area contributed by atoms with Crippen molar-refractivity contribution in [2.45, 2.75) is 30.2 Å². The standard InChI is InChI=1S/C12H17NO2S/c1-12(2)11(8-13-12)9-4-6-10(7-5-9)16(3,14)15/h4-7,11,13H,8H2,1-3H3. The van der Waals surface area contributed by atoms with Crippen LogP contribution in [0.25, 0.3) is 0 Å². The average molecular weight is 239 g/mol. The van der Waals surface area contributed by atoms with Crippen molar-refractivity contribution in [3.63, 3.8) is 0 Å². The van der Waals surface area contributed by atoms with Gasteiger partial charge in [0, 0.05) is 24.3 Å². The van der Waals surface area contributed by atoms with Gasteiger partial charge in [-0.05, 0) is 31.5 Å². The van der Waals surface area contributed by atoms with E-state index in [9.17, 15) is 8.42 Å². The minimum absolute atomic E-state index is 0.118. The first-order valence-corrected chi connectivity index (χ1v) is 7.25. The molecule has 1 aromatic carbocycles. The smallest absolute Gasteiger partial charge is 0.175 e. The molecule has 1 unspecified atom stereocenters. The third-order valence-corrected chi connectivity index (χ3v) is 4.47. The lowest BCUT2D eigenvalue weighted by atomic mass is 9.75. The summed E-state index contributed by atoms with van der Waals surface area (Å²) in [6.45, 7) is 5.28. The van der Waals surface area contributed by atoms with Crippen LogP contribution >= 0.6 is 0 Å². The maximum absolute atomic E-state index is 11.3. The number of nitrogens with one attached hydrogen (secondary N) is 1. The van der Waals surface area contributed by atoms with Gasteiger partial charge in [0.25, 0.3) is 0 Å². The second-order valence-corrected chi connectivity index (χ2v) is 7.01. The molecule has 1 atom stereocenters. The summed E-state index contributed by atoms with van der Waals surface area (Å²) in [7, 11) is -3.08. The minimum Gasteiger partial charge on any atom is -0.310 e. The minimum atomic E-state index is -3.08. The molecule has 0 aromatic heterocycles. The van der Waals surface area contributed by atoms with E-state index in [1.165, 1.54) is 11.8 Å². The summed E-state index contributed by atoms with van der Waals surface area (Å²) in [6.07, 6.45) is 1.23. The molecular formula is C12H17NO2S. The first kappa shape index (κ1) is 11.6. The van der Waals surface area contributed by atoms with Crippen LogP contribution in [0.15, 0.2) is 29.2 Å². The van der Waals surface area contributed by atoms with E-state index >= 15 is 0 Å². The second kappa shape index (κ2) is 3.57. The Balaban J connectivity index is 2.27. The molecule has 1 saturated heterocycles. The van der Waals surface area contributed by atoms with Crippen molar-refractivity contribution >= 4 is 9.84 Å². The Morgan fingerprint density at radius 1 is 1.25 bits per heavy atom. The summed E-state index contributed by atoms with van der Waals surface area (Å²) in [5, 5.41) is 3.36. The Hall–Kier alpha value is -0.870.